The van der Waals surface area contributed by atoms with Crippen molar-refractivity contribution in [2.45, 2.75) is 12.5 Å². The Kier molecular flexibility index (Phi) is 4.18. The van der Waals surface area contributed by atoms with Crippen LogP contribution in [0.3, 0.4) is 0 Å². The number of aromatic nitrogens is 3. The number of carboxylic acids is 1. The molecule has 0 aliphatic carbocycles. The Bertz CT molecular complexity index is 946. The summed E-state index contributed by atoms with van der Waals surface area (Å²) in [5, 5.41) is 15.8. The maximum atomic E-state index is 11.2. The summed E-state index contributed by atoms with van der Waals surface area (Å²) in [5.74, 6) is -0.383. The molecule has 0 saturated heterocycles. The fourth-order valence-electron chi connectivity index (χ4n) is 3.03. The SMILES string of the molecule is O=C(O)c1ccc2c(c1)CC(Nc1nccc(-c3cccnc3)n1)CN2. The zero-order valence-corrected chi connectivity index (χ0v) is 13.9. The molecule has 0 saturated carbocycles. The normalized spacial score (nSPS) is 15.6. The molecule has 3 N–H and O–H groups in total. The minimum atomic E-state index is -0.921. The molecule has 0 amide bonds. The highest BCUT2D eigenvalue weighted by atomic mass is 16.4. The molecule has 1 unspecified atom stereocenters. The summed E-state index contributed by atoms with van der Waals surface area (Å²) < 4.78 is 0. The van der Waals surface area contributed by atoms with Gasteiger partial charge in [-0.2, -0.15) is 0 Å². The second-order valence-electron chi connectivity index (χ2n) is 6.11. The van der Waals surface area contributed by atoms with Gasteiger partial charge in [0.15, 0.2) is 0 Å². The van der Waals surface area contributed by atoms with Crippen LogP contribution in [0.5, 0.6) is 0 Å². The van der Waals surface area contributed by atoms with Crippen LogP contribution >= 0.6 is 0 Å². The monoisotopic (exact) mass is 347 g/mol. The largest absolute Gasteiger partial charge is 0.478 e. The topological polar surface area (TPSA) is 100 Å². The predicted octanol–water partition coefficient (Wildman–Crippen LogP) is 2.69. The van der Waals surface area contributed by atoms with Crippen LogP contribution < -0.4 is 10.6 Å². The molecule has 0 fully saturated rings. The molecule has 2 aromatic heterocycles. The number of pyridine rings is 1. The molecule has 1 atom stereocenters. The molecular formula is C19H17N5O2. The van der Waals surface area contributed by atoms with Gasteiger partial charge in [0.1, 0.15) is 0 Å². The summed E-state index contributed by atoms with van der Waals surface area (Å²) in [6.45, 7) is 0.708. The second-order valence-corrected chi connectivity index (χ2v) is 6.11. The summed E-state index contributed by atoms with van der Waals surface area (Å²) in [7, 11) is 0. The summed E-state index contributed by atoms with van der Waals surface area (Å²) >= 11 is 0. The van der Waals surface area contributed by atoms with Gasteiger partial charge in [-0.1, -0.05) is 0 Å². The summed E-state index contributed by atoms with van der Waals surface area (Å²) in [4.78, 5) is 24.1. The maximum absolute atomic E-state index is 11.2. The number of benzene rings is 1. The molecule has 130 valence electrons. The fourth-order valence-corrected chi connectivity index (χ4v) is 3.03. The van der Waals surface area contributed by atoms with E-state index >= 15 is 0 Å². The van der Waals surface area contributed by atoms with Gasteiger partial charge >= 0.3 is 5.97 Å². The van der Waals surface area contributed by atoms with Gasteiger partial charge in [0, 0.05) is 36.4 Å². The highest BCUT2D eigenvalue weighted by Crippen LogP contribution is 2.25. The van der Waals surface area contributed by atoms with E-state index in [0.29, 0.717) is 24.5 Å². The Hall–Kier alpha value is -3.48. The zero-order valence-electron chi connectivity index (χ0n) is 13.9. The second kappa shape index (κ2) is 6.79. The summed E-state index contributed by atoms with van der Waals surface area (Å²) in [6.07, 6.45) is 5.90. The van der Waals surface area contributed by atoms with Crippen LogP contribution in [-0.2, 0) is 6.42 Å². The van der Waals surface area contributed by atoms with E-state index in [9.17, 15) is 4.79 Å². The standard InChI is InChI=1S/C19H17N5O2/c25-18(26)12-3-4-16-14(8-12)9-15(11-22-16)23-19-21-7-5-17(24-19)13-2-1-6-20-10-13/h1-8,10,15,22H,9,11H2,(H,25,26)(H,21,23,24). The maximum Gasteiger partial charge on any atom is 0.335 e. The van der Waals surface area contributed by atoms with Gasteiger partial charge in [-0.25, -0.2) is 14.8 Å². The van der Waals surface area contributed by atoms with Crippen molar-refractivity contribution in [2.24, 2.45) is 0 Å². The predicted molar refractivity (Wildman–Crippen MR) is 98.3 cm³/mol. The van der Waals surface area contributed by atoms with Gasteiger partial charge in [-0.15, -0.1) is 0 Å². The molecule has 0 bridgehead atoms. The first kappa shape index (κ1) is 16.0. The van der Waals surface area contributed by atoms with Gasteiger partial charge in [-0.3, -0.25) is 4.98 Å². The third kappa shape index (κ3) is 3.32. The number of nitrogens with one attached hydrogen (secondary N) is 2. The Labute approximate surface area is 150 Å². The van der Waals surface area contributed by atoms with E-state index < -0.39 is 5.97 Å². The average molecular weight is 347 g/mol. The van der Waals surface area contributed by atoms with E-state index in [1.54, 1.807) is 30.7 Å². The lowest BCUT2D eigenvalue weighted by Crippen LogP contribution is -2.35. The van der Waals surface area contributed by atoms with Crippen molar-refractivity contribution in [3.05, 3.63) is 66.1 Å². The van der Waals surface area contributed by atoms with E-state index in [4.69, 9.17) is 5.11 Å². The van der Waals surface area contributed by atoms with E-state index in [0.717, 1.165) is 22.5 Å². The molecule has 0 radical (unpaired) electrons. The van der Waals surface area contributed by atoms with Crippen molar-refractivity contribution in [1.29, 1.82) is 0 Å². The number of carboxylic acid groups (broad SMARTS) is 1. The van der Waals surface area contributed by atoms with Crippen LogP contribution in [0.25, 0.3) is 11.3 Å². The van der Waals surface area contributed by atoms with Crippen LogP contribution in [0.2, 0.25) is 0 Å². The molecule has 1 aliphatic rings. The molecule has 3 heterocycles. The highest BCUT2D eigenvalue weighted by Gasteiger charge is 2.20. The minimum absolute atomic E-state index is 0.0655. The molecule has 7 heteroatoms. The number of hydrogen-bond donors (Lipinski definition) is 3. The molecule has 26 heavy (non-hydrogen) atoms. The number of fused-ring (bicyclic) bond motifs is 1. The smallest absolute Gasteiger partial charge is 0.335 e. The summed E-state index contributed by atoms with van der Waals surface area (Å²) in [5.41, 5.74) is 3.96. The fraction of sp³-hybridized carbons (Fsp3) is 0.158. The number of hydrogen-bond acceptors (Lipinski definition) is 6. The number of carbonyl (C=O) groups is 1. The van der Waals surface area contributed by atoms with E-state index in [1.807, 2.05) is 24.3 Å². The van der Waals surface area contributed by atoms with Gasteiger partial charge in [0.25, 0.3) is 0 Å². The number of rotatable bonds is 4. The van der Waals surface area contributed by atoms with Crippen LogP contribution in [-0.4, -0.2) is 38.6 Å². The lowest BCUT2D eigenvalue weighted by Gasteiger charge is -2.27. The van der Waals surface area contributed by atoms with E-state index in [2.05, 4.69) is 25.6 Å². The highest BCUT2D eigenvalue weighted by molar-refractivity contribution is 5.88. The van der Waals surface area contributed by atoms with Crippen molar-refractivity contribution in [3.8, 4) is 11.3 Å². The first-order valence-electron chi connectivity index (χ1n) is 8.29. The van der Waals surface area contributed by atoms with E-state index in [-0.39, 0.29) is 6.04 Å². The molecule has 1 aliphatic heterocycles. The Morgan fingerprint density at radius 2 is 2.15 bits per heavy atom. The van der Waals surface area contributed by atoms with Crippen molar-refractivity contribution in [2.75, 3.05) is 17.2 Å². The Balaban J connectivity index is 1.52. The molecule has 7 nitrogen and oxygen atoms in total. The van der Waals surface area contributed by atoms with Crippen molar-refractivity contribution in [1.82, 2.24) is 15.0 Å². The Morgan fingerprint density at radius 3 is 2.96 bits per heavy atom. The van der Waals surface area contributed by atoms with E-state index in [1.165, 1.54) is 0 Å². The molecule has 3 aromatic rings. The van der Waals surface area contributed by atoms with Crippen LogP contribution in [0.15, 0.2) is 55.0 Å². The number of nitrogens with zero attached hydrogens (tertiary/aromatic N) is 3. The molecule has 4 rings (SSSR count). The van der Waals surface area contributed by atoms with Crippen molar-refractivity contribution < 1.29 is 9.90 Å². The lowest BCUT2D eigenvalue weighted by molar-refractivity contribution is 0.0696. The third-order valence-electron chi connectivity index (χ3n) is 4.30. The van der Waals surface area contributed by atoms with Gasteiger partial charge < -0.3 is 15.7 Å². The first-order chi connectivity index (χ1) is 12.7. The summed E-state index contributed by atoms with van der Waals surface area (Å²) in [6, 6.07) is 10.9. The number of anilines is 2. The number of aromatic carboxylic acids is 1. The van der Waals surface area contributed by atoms with Crippen molar-refractivity contribution >= 4 is 17.6 Å². The molecular weight excluding hydrogens is 330 g/mol. The quantitative estimate of drug-likeness (QED) is 0.667. The minimum Gasteiger partial charge on any atom is -0.478 e. The van der Waals surface area contributed by atoms with Crippen LogP contribution in [0, 0.1) is 0 Å². The lowest BCUT2D eigenvalue weighted by atomic mass is 9.97. The van der Waals surface area contributed by atoms with Crippen LogP contribution in [0.4, 0.5) is 11.6 Å². The zero-order chi connectivity index (χ0) is 17.9. The Morgan fingerprint density at radius 1 is 1.23 bits per heavy atom. The first-order valence-corrected chi connectivity index (χ1v) is 8.29. The molecule has 0 spiro atoms. The van der Waals surface area contributed by atoms with Gasteiger partial charge in [0.2, 0.25) is 5.95 Å². The van der Waals surface area contributed by atoms with Gasteiger partial charge in [-0.05, 0) is 48.4 Å². The van der Waals surface area contributed by atoms with Crippen molar-refractivity contribution in [3.63, 3.8) is 0 Å². The van der Waals surface area contributed by atoms with Crippen LogP contribution in [0.1, 0.15) is 15.9 Å². The third-order valence-corrected chi connectivity index (χ3v) is 4.30. The molecule has 1 aromatic carbocycles. The van der Waals surface area contributed by atoms with Gasteiger partial charge in [0.05, 0.1) is 17.3 Å². The average Bonchev–Trinajstić information content (AvgIpc) is 2.68.